The van der Waals surface area contributed by atoms with Crippen molar-refractivity contribution in [3.05, 3.63) is 57.8 Å². The lowest BCUT2D eigenvalue weighted by atomic mass is 10.1. The number of nitrogens with one attached hydrogen (secondary N) is 1. The maximum atomic E-state index is 3.56. The van der Waals surface area contributed by atoms with Crippen LogP contribution < -0.4 is 5.32 Å². The fraction of sp³-hybridized carbons (Fsp3) is 0.333. The van der Waals surface area contributed by atoms with E-state index >= 15 is 0 Å². The Hall–Kier alpha value is -1.12. The smallest absolute Gasteiger partial charge is 0.0305 e. The summed E-state index contributed by atoms with van der Waals surface area (Å²) in [5.74, 6) is 0. The molecule has 0 aliphatic heterocycles. The highest BCUT2D eigenvalue weighted by Crippen LogP contribution is 2.18. The Morgan fingerprint density at radius 3 is 2.41 bits per heavy atom. The zero-order valence-corrected chi connectivity index (χ0v) is 11.3. The fourth-order valence-corrected chi connectivity index (χ4v) is 2.73. The highest BCUT2D eigenvalue weighted by Gasteiger charge is 2.04. The fourth-order valence-electron chi connectivity index (χ4n) is 1.82. The molecule has 1 heterocycles. The summed E-state index contributed by atoms with van der Waals surface area (Å²) < 4.78 is 0. The molecule has 0 saturated carbocycles. The maximum Gasteiger partial charge on any atom is 0.0305 e. The SMILES string of the molecule is CCc1ccc(CN[C@H](C)c2ccccc2)s1. The second-order valence-electron chi connectivity index (χ2n) is 4.23. The van der Waals surface area contributed by atoms with E-state index in [0.717, 1.165) is 13.0 Å². The molecule has 0 aliphatic rings. The van der Waals surface area contributed by atoms with Gasteiger partial charge >= 0.3 is 0 Å². The van der Waals surface area contributed by atoms with Gasteiger partial charge in [-0.25, -0.2) is 0 Å². The van der Waals surface area contributed by atoms with E-state index in [0.29, 0.717) is 6.04 Å². The summed E-state index contributed by atoms with van der Waals surface area (Å²) in [6, 6.07) is 15.4. The highest BCUT2D eigenvalue weighted by molar-refractivity contribution is 7.11. The Labute approximate surface area is 108 Å². The number of rotatable bonds is 5. The predicted molar refractivity (Wildman–Crippen MR) is 75.4 cm³/mol. The minimum absolute atomic E-state index is 0.406. The van der Waals surface area contributed by atoms with Gasteiger partial charge in [0.25, 0.3) is 0 Å². The van der Waals surface area contributed by atoms with E-state index in [2.05, 4.69) is 61.6 Å². The lowest BCUT2D eigenvalue weighted by molar-refractivity contribution is 0.579. The first kappa shape index (κ1) is 12.3. The van der Waals surface area contributed by atoms with Crippen LogP contribution in [0.15, 0.2) is 42.5 Å². The number of aryl methyl sites for hydroxylation is 1. The van der Waals surface area contributed by atoms with Gasteiger partial charge in [-0.2, -0.15) is 0 Å². The Morgan fingerprint density at radius 1 is 1.06 bits per heavy atom. The average molecular weight is 245 g/mol. The topological polar surface area (TPSA) is 12.0 Å². The Morgan fingerprint density at radius 2 is 1.76 bits per heavy atom. The summed E-state index contributed by atoms with van der Waals surface area (Å²) in [5.41, 5.74) is 1.35. The molecule has 0 radical (unpaired) electrons. The van der Waals surface area contributed by atoms with Gasteiger partial charge < -0.3 is 5.32 Å². The third kappa shape index (κ3) is 3.42. The van der Waals surface area contributed by atoms with Crippen LogP contribution >= 0.6 is 11.3 Å². The van der Waals surface area contributed by atoms with Gasteiger partial charge in [0.1, 0.15) is 0 Å². The number of hydrogen-bond acceptors (Lipinski definition) is 2. The molecule has 0 amide bonds. The summed E-state index contributed by atoms with van der Waals surface area (Å²) in [6.07, 6.45) is 1.14. The van der Waals surface area contributed by atoms with Gasteiger partial charge in [-0.15, -0.1) is 11.3 Å². The highest BCUT2D eigenvalue weighted by atomic mass is 32.1. The van der Waals surface area contributed by atoms with Crippen molar-refractivity contribution < 1.29 is 0 Å². The molecule has 0 fully saturated rings. The van der Waals surface area contributed by atoms with E-state index in [1.807, 2.05) is 11.3 Å². The lowest BCUT2D eigenvalue weighted by Gasteiger charge is -2.13. The van der Waals surface area contributed by atoms with Crippen LogP contribution in [0.2, 0.25) is 0 Å². The first-order valence-electron chi connectivity index (χ1n) is 6.15. The van der Waals surface area contributed by atoms with Crippen LogP contribution in [0.1, 0.15) is 35.2 Å². The molecule has 0 unspecified atom stereocenters. The molecule has 0 aliphatic carbocycles. The van der Waals surface area contributed by atoms with Crippen LogP contribution in [0.5, 0.6) is 0 Å². The molecule has 2 heteroatoms. The normalized spacial score (nSPS) is 12.6. The van der Waals surface area contributed by atoms with Gasteiger partial charge in [-0.05, 0) is 31.0 Å². The molecule has 1 atom stereocenters. The van der Waals surface area contributed by atoms with E-state index in [-0.39, 0.29) is 0 Å². The van der Waals surface area contributed by atoms with Gasteiger partial charge in [-0.3, -0.25) is 0 Å². The zero-order valence-electron chi connectivity index (χ0n) is 10.4. The average Bonchev–Trinajstić information content (AvgIpc) is 2.85. The van der Waals surface area contributed by atoms with Gasteiger partial charge in [-0.1, -0.05) is 37.3 Å². The lowest BCUT2D eigenvalue weighted by Crippen LogP contribution is -2.17. The molecule has 0 saturated heterocycles. The molecule has 1 N–H and O–H groups in total. The van der Waals surface area contributed by atoms with Gasteiger partial charge in [0.2, 0.25) is 0 Å². The van der Waals surface area contributed by atoms with Crippen molar-refractivity contribution >= 4 is 11.3 Å². The third-order valence-corrected chi connectivity index (χ3v) is 4.18. The standard InChI is InChI=1S/C15H19NS/c1-3-14-9-10-15(17-14)11-16-12(2)13-7-5-4-6-8-13/h4-10,12,16H,3,11H2,1-2H3/t12-/m1/s1. The van der Waals surface area contributed by atoms with E-state index in [4.69, 9.17) is 0 Å². The first-order valence-corrected chi connectivity index (χ1v) is 6.97. The molecule has 90 valence electrons. The van der Waals surface area contributed by atoms with Gasteiger partial charge in [0.05, 0.1) is 0 Å². The monoisotopic (exact) mass is 245 g/mol. The van der Waals surface area contributed by atoms with Crippen LogP contribution in [0.25, 0.3) is 0 Å². The molecule has 0 spiro atoms. The Balaban J connectivity index is 1.90. The predicted octanol–water partition coefficient (Wildman–Crippen LogP) is 4.16. The minimum atomic E-state index is 0.406. The number of benzene rings is 1. The van der Waals surface area contributed by atoms with Crippen molar-refractivity contribution in [2.24, 2.45) is 0 Å². The molecule has 1 aromatic carbocycles. The quantitative estimate of drug-likeness (QED) is 0.834. The van der Waals surface area contributed by atoms with Crippen LogP contribution in [0, 0.1) is 0 Å². The summed E-state index contributed by atoms with van der Waals surface area (Å²) in [5, 5.41) is 3.56. The molecule has 17 heavy (non-hydrogen) atoms. The number of thiophene rings is 1. The summed E-state index contributed by atoms with van der Waals surface area (Å²) >= 11 is 1.91. The zero-order chi connectivity index (χ0) is 12.1. The largest absolute Gasteiger partial charge is 0.305 e. The summed E-state index contributed by atoms with van der Waals surface area (Å²) in [6.45, 7) is 5.38. The van der Waals surface area contributed by atoms with Gasteiger partial charge in [0, 0.05) is 22.3 Å². The van der Waals surface area contributed by atoms with Crippen LogP contribution in [0.4, 0.5) is 0 Å². The van der Waals surface area contributed by atoms with Crippen molar-refractivity contribution in [1.29, 1.82) is 0 Å². The van der Waals surface area contributed by atoms with Gasteiger partial charge in [0.15, 0.2) is 0 Å². The molecule has 1 nitrogen and oxygen atoms in total. The second kappa shape index (κ2) is 5.99. The molecular formula is C15H19NS. The van der Waals surface area contributed by atoms with Crippen molar-refractivity contribution in [1.82, 2.24) is 5.32 Å². The summed E-state index contributed by atoms with van der Waals surface area (Å²) in [4.78, 5) is 2.89. The van der Waals surface area contributed by atoms with Crippen molar-refractivity contribution in [3.8, 4) is 0 Å². The number of hydrogen-bond donors (Lipinski definition) is 1. The Kier molecular flexibility index (Phi) is 4.35. The Bertz CT molecular complexity index is 447. The first-order chi connectivity index (χ1) is 8.29. The second-order valence-corrected chi connectivity index (χ2v) is 5.49. The molecule has 0 bridgehead atoms. The van der Waals surface area contributed by atoms with E-state index < -0.39 is 0 Å². The van der Waals surface area contributed by atoms with Crippen LogP contribution in [-0.2, 0) is 13.0 Å². The molecule has 2 aromatic rings. The minimum Gasteiger partial charge on any atom is -0.305 e. The third-order valence-electron chi connectivity index (χ3n) is 2.95. The van der Waals surface area contributed by atoms with Crippen LogP contribution in [0.3, 0.4) is 0 Å². The van der Waals surface area contributed by atoms with Crippen molar-refractivity contribution in [2.45, 2.75) is 32.9 Å². The van der Waals surface area contributed by atoms with Crippen molar-refractivity contribution in [3.63, 3.8) is 0 Å². The van der Waals surface area contributed by atoms with Crippen LogP contribution in [-0.4, -0.2) is 0 Å². The van der Waals surface area contributed by atoms with E-state index in [1.165, 1.54) is 15.3 Å². The van der Waals surface area contributed by atoms with Crippen molar-refractivity contribution in [2.75, 3.05) is 0 Å². The molecule has 2 rings (SSSR count). The maximum absolute atomic E-state index is 3.56. The molecular weight excluding hydrogens is 226 g/mol. The van der Waals surface area contributed by atoms with E-state index in [9.17, 15) is 0 Å². The molecule has 1 aromatic heterocycles. The summed E-state index contributed by atoms with van der Waals surface area (Å²) in [7, 11) is 0. The van der Waals surface area contributed by atoms with E-state index in [1.54, 1.807) is 0 Å².